The molecule has 0 fully saturated rings. The quantitative estimate of drug-likeness (QED) is 0.182. The van der Waals surface area contributed by atoms with Gasteiger partial charge in [0.1, 0.15) is 6.04 Å². The zero-order valence-corrected chi connectivity index (χ0v) is 13.8. The number of carboxylic acids is 1. The Morgan fingerprint density at radius 3 is 2.68 bits per heavy atom. The molecule has 0 bridgehead atoms. The zero-order valence-electron chi connectivity index (χ0n) is 13.8. The average Bonchev–Trinajstić information content (AvgIpc) is 2.55. The maximum absolute atomic E-state index is 11.9. The molecule has 1 rings (SSSR count). The van der Waals surface area contributed by atoms with E-state index in [-0.39, 0.29) is 24.7 Å². The van der Waals surface area contributed by atoms with E-state index < -0.39 is 17.9 Å². The van der Waals surface area contributed by atoms with Gasteiger partial charge in [0.25, 0.3) is 0 Å². The summed E-state index contributed by atoms with van der Waals surface area (Å²) in [6.07, 6.45) is 3.24. The molecule has 1 amide bonds. The van der Waals surface area contributed by atoms with Gasteiger partial charge in [-0.15, -0.1) is 0 Å². The van der Waals surface area contributed by atoms with Crippen LogP contribution in [0.5, 0.6) is 11.5 Å². The second-order valence-corrected chi connectivity index (χ2v) is 5.11. The van der Waals surface area contributed by atoms with Crippen molar-refractivity contribution in [3.05, 3.63) is 29.8 Å². The SMILES string of the molecule is COc1ccc(/C=C/C(=O)N[C@@H](CCCN=C(N)N)C(=O)O)cc1O. The largest absolute Gasteiger partial charge is 0.504 e. The first-order chi connectivity index (χ1) is 11.8. The van der Waals surface area contributed by atoms with Crippen molar-refractivity contribution >= 4 is 23.9 Å². The van der Waals surface area contributed by atoms with Gasteiger partial charge in [-0.1, -0.05) is 6.07 Å². The highest BCUT2D eigenvalue weighted by atomic mass is 16.5. The van der Waals surface area contributed by atoms with Crippen molar-refractivity contribution < 1.29 is 24.5 Å². The van der Waals surface area contributed by atoms with Gasteiger partial charge in [0.15, 0.2) is 17.5 Å². The molecule has 1 atom stereocenters. The van der Waals surface area contributed by atoms with E-state index in [0.29, 0.717) is 17.7 Å². The van der Waals surface area contributed by atoms with Crippen LogP contribution in [0.2, 0.25) is 0 Å². The van der Waals surface area contributed by atoms with E-state index in [4.69, 9.17) is 21.3 Å². The molecule has 7 N–H and O–H groups in total. The Morgan fingerprint density at radius 2 is 2.12 bits per heavy atom. The van der Waals surface area contributed by atoms with Gasteiger partial charge in [-0.25, -0.2) is 4.79 Å². The van der Waals surface area contributed by atoms with Crippen molar-refractivity contribution in [2.24, 2.45) is 16.5 Å². The molecule has 136 valence electrons. The molecular formula is C16H22N4O5. The van der Waals surface area contributed by atoms with Crippen molar-refractivity contribution in [2.45, 2.75) is 18.9 Å². The normalized spacial score (nSPS) is 11.7. The smallest absolute Gasteiger partial charge is 0.326 e. The number of aromatic hydroxyl groups is 1. The summed E-state index contributed by atoms with van der Waals surface area (Å²) in [5, 5.41) is 21.2. The molecule has 0 unspecified atom stereocenters. The molecule has 9 nitrogen and oxygen atoms in total. The molecule has 0 aromatic heterocycles. The number of aliphatic imine (C=N–C) groups is 1. The predicted octanol–water partition coefficient (Wildman–Crippen LogP) is 0.0370. The maximum Gasteiger partial charge on any atom is 0.326 e. The molecule has 1 aromatic rings. The first-order valence-electron chi connectivity index (χ1n) is 7.47. The van der Waals surface area contributed by atoms with E-state index in [1.165, 1.54) is 25.3 Å². The summed E-state index contributed by atoms with van der Waals surface area (Å²) in [6, 6.07) is 3.57. The minimum absolute atomic E-state index is 0.0618. The third-order valence-electron chi connectivity index (χ3n) is 3.19. The van der Waals surface area contributed by atoms with Crippen molar-refractivity contribution in [1.82, 2.24) is 5.32 Å². The molecule has 0 saturated carbocycles. The van der Waals surface area contributed by atoms with Crippen molar-refractivity contribution in [1.29, 1.82) is 0 Å². The molecule has 1 aromatic carbocycles. The fraction of sp³-hybridized carbons (Fsp3) is 0.312. The van der Waals surface area contributed by atoms with Crippen molar-refractivity contribution in [3.63, 3.8) is 0 Å². The summed E-state index contributed by atoms with van der Waals surface area (Å²) in [5.41, 5.74) is 10.9. The Balaban J connectivity index is 2.60. The van der Waals surface area contributed by atoms with E-state index in [1.54, 1.807) is 12.1 Å². The number of nitrogens with one attached hydrogen (secondary N) is 1. The fourth-order valence-electron chi connectivity index (χ4n) is 1.96. The number of benzene rings is 1. The first-order valence-corrected chi connectivity index (χ1v) is 7.47. The standard InChI is InChI=1S/C16H22N4O5/c1-25-13-6-4-10(9-12(13)21)5-7-14(22)20-11(15(23)24)3-2-8-19-16(17)18/h4-7,9,11,21H,2-3,8H2,1H3,(H,20,22)(H,23,24)(H4,17,18,19)/b7-5+/t11-/m0/s1. The Labute approximate surface area is 145 Å². The van der Waals surface area contributed by atoms with Crippen LogP contribution in [0.15, 0.2) is 29.3 Å². The van der Waals surface area contributed by atoms with Crippen molar-refractivity contribution in [3.8, 4) is 11.5 Å². The Bertz CT molecular complexity index is 668. The number of aliphatic carboxylic acids is 1. The Morgan fingerprint density at radius 1 is 1.40 bits per heavy atom. The van der Waals surface area contributed by atoms with Gasteiger partial charge in [0.2, 0.25) is 5.91 Å². The minimum Gasteiger partial charge on any atom is -0.504 e. The number of methoxy groups -OCH3 is 1. The van der Waals surface area contributed by atoms with Gasteiger partial charge >= 0.3 is 5.97 Å². The molecule has 0 aliphatic rings. The summed E-state index contributed by atoms with van der Waals surface area (Å²) in [5.74, 6) is -1.53. The molecule has 0 radical (unpaired) electrons. The molecular weight excluding hydrogens is 328 g/mol. The number of nitrogens with two attached hydrogens (primary N) is 2. The highest BCUT2D eigenvalue weighted by Gasteiger charge is 2.18. The number of nitrogens with zero attached hydrogens (tertiary/aromatic N) is 1. The molecule has 25 heavy (non-hydrogen) atoms. The lowest BCUT2D eigenvalue weighted by molar-refractivity contribution is -0.141. The number of carboxylic acid groups (broad SMARTS) is 1. The second-order valence-electron chi connectivity index (χ2n) is 5.11. The van der Waals surface area contributed by atoms with Gasteiger partial charge < -0.3 is 31.7 Å². The van der Waals surface area contributed by atoms with Gasteiger partial charge in [-0.3, -0.25) is 9.79 Å². The molecule has 0 aliphatic carbocycles. The number of ether oxygens (including phenoxy) is 1. The molecule has 0 aliphatic heterocycles. The van der Waals surface area contributed by atoms with Gasteiger partial charge in [0.05, 0.1) is 7.11 Å². The Kier molecular flexibility index (Phi) is 7.77. The van der Waals surface area contributed by atoms with E-state index in [0.717, 1.165) is 0 Å². The number of amides is 1. The number of hydrogen-bond donors (Lipinski definition) is 5. The number of phenols is 1. The van der Waals surface area contributed by atoms with Crippen LogP contribution in [-0.2, 0) is 9.59 Å². The first kappa shape index (κ1) is 19.8. The number of rotatable bonds is 9. The number of hydrogen-bond acceptors (Lipinski definition) is 5. The summed E-state index contributed by atoms with van der Waals surface area (Å²) in [7, 11) is 1.43. The monoisotopic (exact) mass is 350 g/mol. The minimum atomic E-state index is -1.14. The molecule has 0 spiro atoms. The van der Waals surface area contributed by atoms with Crippen LogP contribution >= 0.6 is 0 Å². The highest BCUT2D eigenvalue weighted by Crippen LogP contribution is 2.26. The lowest BCUT2D eigenvalue weighted by atomic mass is 10.1. The highest BCUT2D eigenvalue weighted by molar-refractivity contribution is 5.94. The van der Waals surface area contributed by atoms with Crippen LogP contribution in [0, 0.1) is 0 Å². The van der Waals surface area contributed by atoms with E-state index in [9.17, 15) is 14.7 Å². The zero-order chi connectivity index (χ0) is 18.8. The number of carbonyl (C=O) groups excluding carboxylic acids is 1. The van der Waals surface area contributed by atoms with Crippen LogP contribution in [0.4, 0.5) is 0 Å². The van der Waals surface area contributed by atoms with Gasteiger partial charge in [-0.2, -0.15) is 0 Å². The summed E-state index contributed by atoms with van der Waals surface area (Å²) < 4.78 is 4.92. The van der Waals surface area contributed by atoms with Crippen LogP contribution in [0.3, 0.4) is 0 Å². The fourth-order valence-corrected chi connectivity index (χ4v) is 1.96. The topological polar surface area (TPSA) is 160 Å². The van der Waals surface area contributed by atoms with Crippen LogP contribution in [-0.4, -0.2) is 47.7 Å². The van der Waals surface area contributed by atoms with Gasteiger partial charge in [-0.05, 0) is 36.6 Å². The van der Waals surface area contributed by atoms with Crippen molar-refractivity contribution in [2.75, 3.05) is 13.7 Å². The second kappa shape index (κ2) is 9.81. The molecule has 9 heteroatoms. The lowest BCUT2D eigenvalue weighted by Gasteiger charge is -2.12. The maximum atomic E-state index is 11.9. The van der Waals surface area contributed by atoms with Gasteiger partial charge in [0, 0.05) is 12.6 Å². The van der Waals surface area contributed by atoms with E-state index >= 15 is 0 Å². The van der Waals surface area contributed by atoms with E-state index in [2.05, 4.69) is 10.3 Å². The third-order valence-corrected chi connectivity index (χ3v) is 3.19. The average molecular weight is 350 g/mol. The van der Waals surface area contributed by atoms with Crippen LogP contribution in [0.1, 0.15) is 18.4 Å². The number of phenolic OH excluding ortho intramolecular Hbond substituents is 1. The lowest BCUT2D eigenvalue weighted by Crippen LogP contribution is -2.40. The van der Waals surface area contributed by atoms with Crippen LogP contribution < -0.4 is 21.5 Å². The Hall–Kier alpha value is -3.23. The van der Waals surface area contributed by atoms with E-state index in [1.807, 2.05) is 0 Å². The number of guanidine groups is 1. The number of carbonyl (C=O) groups is 2. The molecule has 0 heterocycles. The van der Waals surface area contributed by atoms with Crippen LogP contribution in [0.25, 0.3) is 6.08 Å². The molecule has 0 saturated heterocycles. The summed E-state index contributed by atoms with van der Waals surface area (Å²) >= 11 is 0. The summed E-state index contributed by atoms with van der Waals surface area (Å²) in [6.45, 7) is 0.281. The third kappa shape index (κ3) is 7.25. The predicted molar refractivity (Wildman–Crippen MR) is 93.2 cm³/mol. The summed E-state index contributed by atoms with van der Waals surface area (Å²) in [4.78, 5) is 26.8.